The van der Waals surface area contributed by atoms with Crippen LogP contribution >= 0.6 is 11.6 Å². The maximum absolute atomic E-state index is 11.9. The second-order valence-corrected chi connectivity index (χ2v) is 6.94. The number of hydrogen-bond donors (Lipinski definition) is 0. The van der Waals surface area contributed by atoms with Crippen LogP contribution in [0, 0.1) is 0 Å². The average Bonchev–Trinajstić information content (AvgIpc) is 3.28. The summed E-state index contributed by atoms with van der Waals surface area (Å²) in [5, 5.41) is 0.615. The third-order valence-electron chi connectivity index (χ3n) is 4.36. The van der Waals surface area contributed by atoms with E-state index in [-0.39, 0.29) is 11.3 Å². The molecule has 0 atom stereocenters. The van der Waals surface area contributed by atoms with Crippen LogP contribution in [-0.2, 0) is 5.41 Å². The molecule has 3 rings (SSSR count). The Labute approximate surface area is 141 Å². The number of carbonyl (C=O) groups excluding carboxylic acids is 1. The first kappa shape index (κ1) is 15.9. The van der Waals surface area contributed by atoms with E-state index in [9.17, 15) is 4.79 Å². The fraction of sp³-hybridized carbons (Fsp3) is 0.316. The number of nitrogens with zero attached hydrogens (tertiary/aromatic N) is 1. The zero-order chi connectivity index (χ0) is 16.6. The van der Waals surface area contributed by atoms with Gasteiger partial charge >= 0.3 is 0 Å². The van der Waals surface area contributed by atoms with E-state index in [0.717, 1.165) is 0 Å². The van der Waals surface area contributed by atoms with Gasteiger partial charge in [-0.15, -0.1) is 0 Å². The van der Waals surface area contributed by atoms with Crippen molar-refractivity contribution in [3.8, 4) is 11.5 Å². The van der Waals surface area contributed by atoms with Crippen molar-refractivity contribution in [1.29, 1.82) is 0 Å². The first-order valence-corrected chi connectivity index (χ1v) is 8.06. The molecule has 1 aliphatic rings. The largest absolute Gasteiger partial charge is 0.456 e. The van der Waals surface area contributed by atoms with Crippen molar-refractivity contribution in [2.75, 3.05) is 14.1 Å². The lowest BCUT2D eigenvalue weighted by Gasteiger charge is -2.13. The molecule has 1 aliphatic carbocycles. The van der Waals surface area contributed by atoms with Gasteiger partial charge in [0.05, 0.1) is 5.02 Å². The van der Waals surface area contributed by atoms with Crippen molar-refractivity contribution in [2.24, 2.45) is 0 Å². The van der Waals surface area contributed by atoms with Crippen LogP contribution in [0.4, 0.5) is 0 Å². The Hall–Kier alpha value is -2.00. The maximum Gasteiger partial charge on any atom is 0.253 e. The van der Waals surface area contributed by atoms with Crippen molar-refractivity contribution in [3.05, 3.63) is 58.6 Å². The van der Waals surface area contributed by atoms with Crippen LogP contribution in [0.5, 0.6) is 11.5 Å². The minimum absolute atomic E-state index is 0.0309. The van der Waals surface area contributed by atoms with Crippen molar-refractivity contribution >= 4 is 17.5 Å². The second kappa shape index (κ2) is 5.89. The van der Waals surface area contributed by atoms with Crippen molar-refractivity contribution < 1.29 is 9.53 Å². The Balaban J connectivity index is 1.75. The minimum atomic E-state index is -0.0309. The predicted octanol–water partition coefficient (Wildman–Crippen LogP) is 4.89. The summed E-state index contributed by atoms with van der Waals surface area (Å²) in [5.74, 6) is 1.26. The molecule has 0 saturated heterocycles. The molecule has 0 N–H and O–H groups in total. The number of benzene rings is 2. The molecule has 0 spiro atoms. The number of ether oxygens (including phenoxy) is 1. The number of hydrogen-bond acceptors (Lipinski definition) is 2. The van der Waals surface area contributed by atoms with E-state index in [4.69, 9.17) is 16.3 Å². The van der Waals surface area contributed by atoms with Gasteiger partial charge in [0.1, 0.15) is 11.5 Å². The zero-order valence-corrected chi connectivity index (χ0v) is 14.4. The molecule has 0 aliphatic heterocycles. The van der Waals surface area contributed by atoms with Gasteiger partial charge in [-0.25, -0.2) is 0 Å². The summed E-state index contributed by atoms with van der Waals surface area (Å²) in [4.78, 5) is 13.4. The first-order chi connectivity index (χ1) is 10.9. The number of halogens is 1. The van der Waals surface area contributed by atoms with Gasteiger partial charge in [-0.1, -0.05) is 24.6 Å². The molecular formula is C19H20ClNO2. The van der Waals surface area contributed by atoms with E-state index in [2.05, 4.69) is 13.0 Å². The van der Waals surface area contributed by atoms with Crippen LogP contribution in [0.15, 0.2) is 42.5 Å². The molecule has 0 heterocycles. The highest BCUT2D eigenvalue weighted by Crippen LogP contribution is 2.49. The van der Waals surface area contributed by atoms with Gasteiger partial charge in [0.2, 0.25) is 0 Å². The van der Waals surface area contributed by atoms with E-state index in [0.29, 0.717) is 22.1 Å². The van der Waals surface area contributed by atoms with Gasteiger partial charge in [0.15, 0.2) is 0 Å². The summed E-state index contributed by atoms with van der Waals surface area (Å²) in [7, 11) is 3.46. The lowest BCUT2D eigenvalue weighted by molar-refractivity contribution is 0.0827. The summed E-state index contributed by atoms with van der Waals surface area (Å²) < 4.78 is 5.84. The van der Waals surface area contributed by atoms with E-state index in [1.165, 1.54) is 18.4 Å². The van der Waals surface area contributed by atoms with E-state index in [1.54, 1.807) is 43.3 Å². The second-order valence-electron chi connectivity index (χ2n) is 6.53. The molecule has 0 radical (unpaired) electrons. The molecule has 0 aromatic heterocycles. The van der Waals surface area contributed by atoms with Crippen molar-refractivity contribution in [2.45, 2.75) is 25.2 Å². The molecule has 120 valence electrons. The molecular weight excluding hydrogens is 310 g/mol. The Morgan fingerprint density at radius 1 is 1.13 bits per heavy atom. The molecule has 1 amide bonds. The molecule has 2 aromatic carbocycles. The van der Waals surface area contributed by atoms with Gasteiger partial charge in [0.25, 0.3) is 5.91 Å². The van der Waals surface area contributed by atoms with Gasteiger partial charge in [-0.3, -0.25) is 4.79 Å². The fourth-order valence-corrected chi connectivity index (χ4v) is 2.71. The van der Waals surface area contributed by atoms with Gasteiger partial charge < -0.3 is 9.64 Å². The standard InChI is InChI=1S/C19H20ClNO2/c1-19(10-11-19)14-6-9-17(16(20)12-14)23-15-7-4-13(5-8-15)18(22)21(2)3/h4-9,12H,10-11H2,1-3H3. The Bertz CT molecular complexity index is 734. The molecule has 3 nitrogen and oxygen atoms in total. The van der Waals surface area contributed by atoms with Crippen LogP contribution < -0.4 is 4.74 Å². The summed E-state index contributed by atoms with van der Waals surface area (Å²) in [6.07, 6.45) is 2.43. The molecule has 2 aromatic rings. The minimum Gasteiger partial charge on any atom is -0.456 e. The Kier molecular flexibility index (Phi) is 4.07. The highest BCUT2D eigenvalue weighted by molar-refractivity contribution is 6.32. The summed E-state index contributed by atoms with van der Waals surface area (Å²) in [5.41, 5.74) is 2.18. The third-order valence-corrected chi connectivity index (χ3v) is 4.66. The van der Waals surface area contributed by atoms with E-state index >= 15 is 0 Å². The third kappa shape index (κ3) is 3.35. The van der Waals surface area contributed by atoms with Crippen LogP contribution in [0.2, 0.25) is 5.02 Å². The van der Waals surface area contributed by atoms with E-state index in [1.807, 2.05) is 12.1 Å². The molecule has 1 fully saturated rings. The Morgan fingerprint density at radius 3 is 2.30 bits per heavy atom. The van der Waals surface area contributed by atoms with Crippen LogP contribution in [0.3, 0.4) is 0 Å². The highest BCUT2D eigenvalue weighted by atomic mass is 35.5. The fourth-order valence-electron chi connectivity index (χ4n) is 2.49. The predicted molar refractivity (Wildman–Crippen MR) is 92.6 cm³/mol. The molecule has 0 bridgehead atoms. The topological polar surface area (TPSA) is 29.5 Å². The average molecular weight is 330 g/mol. The SMILES string of the molecule is CN(C)C(=O)c1ccc(Oc2ccc(C3(C)CC3)cc2Cl)cc1. The quantitative estimate of drug-likeness (QED) is 0.799. The van der Waals surface area contributed by atoms with E-state index < -0.39 is 0 Å². The zero-order valence-electron chi connectivity index (χ0n) is 13.6. The lowest BCUT2D eigenvalue weighted by atomic mass is 9.98. The van der Waals surface area contributed by atoms with Crippen molar-refractivity contribution in [1.82, 2.24) is 4.90 Å². The van der Waals surface area contributed by atoms with Gasteiger partial charge in [-0.2, -0.15) is 0 Å². The number of carbonyl (C=O) groups is 1. The molecule has 23 heavy (non-hydrogen) atoms. The highest BCUT2D eigenvalue weighted by Gasteiger charge is 2.39. The number of amides is 1. The summed E-state index contributed by atoms with van der Waals surface area (Å²) >= 11 is 6.35. The normalized spacial score (nSPS) is 15.1. The number of rotatable bonds is 4. The van der Waals surface area contributed by atoms with Crippen LogP contribution in [-0.4, -0.2) is 24.9 Å². The van der Waals surface area contributed by atoms with Gasteiger partial charge in [-0.05, 0) is 60.2 Å². The van der Waals surface area contributed by atoms with Gasteiger partial charge in [0, 0.05) is 19.7 Å². The monoisotopic (exact) mass is 329 g/mol. The maximum atomic E-state index is 11.9. The first-order valence-electron chi connectivity index (χ1n) is 7.69. The Morgan fingerprint density at radius 2 is 1.78 bits per heavy atom. The molecule has 4 heteroatoms. The molecule has 0 unspecified atom stereocenters. The molecule has 1 saturated carbocycles. The lowest BCUT2D eigenvalue weighted by Crippen LogP contribution is -2.21. The van der Waals surface area contributed by atoms with Crippen LogP contribution in [0.25, 0.3) is 0 Å². The summed E-state index contributed by atoms with van der Waals surface area (Å²) in [6, 6.07) is 13.1. The summed E-state index contributed by atoms with van der Waals surface area (Å²) in [6.45, 7) is 2.25. The van der Waals surface area contributed by atoms with Crippen molar-refractivity contribution in [3.63, 3.8) is 0 Å². The van der Waals surface area contributed by atoms with Crippen LogP contribution in [0.1, 0.15) is 35.7 Å². The smallest absolute Gasteiger partial charge is 0.253 e.